The highest BCUT2D eigenvalue weighted by molar-refractivity contribution is 5.80. The molecule has 1 aliphatic rings. The van der Waals surface area contributed by atoms with Gasteiger partial charge in [-0.15, -0.1) is 0 Å². The van der Waals surface area contributed by atoms with Crippen molar-refractivity contribution in [3.05, 3.63) is 35.9 Å². The molecule has 4 atom stereocenters. The maximum Gasteiger partial charge on any atom is 0.227 e. The highest BCUT2D eigenvalue weighted by Crippen LogP contribution is 2.27. The minimum atomic E-state index is -0.229. The Labute approximate surface area is 122 Å². The fourth-order valence-corrected chi connectivity index (χ4v) is 2.97. The first-order valence-corrected chi connectivity index (χ1v) is 7.61. The largest absolute Gasteiger partial charge is 0.339 e. The van der Waals surface area contributed by atoms with Crippen LogP contribution in [0.4, 0.5) is 0 Å². The summed E-state index contributed by atoms with van der Waals surface area (Å²) in [7, 11) is 0. The number of hydrogen-bond acceptors (Lipinski definition) is 2. The summed E-state index contributed by atoms with van der Waals surface area (Å²) in [6.07, 6.45) is 2.31. The van der Waals surface area contributed by atoms with E-state index in [-0.39, 0.29) is 17.9 Å². The fraction of sp³-hybridized carbons (Fsp3) is 0.588. The second-order valence-corrected chi connectivity index (χ2v) is 6.25. The van der Waals surface area contributed by atoms with Gasteiger partial charge in [0.2, 0.25) is 5.91 Å². The standard InChI is InChI=1S/C17H26N2O/c1-12-9-10-13(2)19(11-12)17(20)14(3)16(18)15-7-5-4-6-8-15/h4-8,12-14,16H,9-11,18H2,1-3H3. The molecule has 1 aromatic carbocycles. The van der Waals surface area contributed by atoms with Gasteiger partial charge in [-0.2, -0.15) is 0 Å². The number of carbonyl (C=O) groups excluding carboxylic acids is 1. The number of nitrogens with zero attached hydrogens (tertiary/aromatic N) is 1. The van der Waals surface area contributed by atoms with Crippen molar-refractivity contribution >= 4 is 5.91 Å². The van der Waals surface area contributed by atoms with Crippen LogP contribution in [0.2, 0.25) is 0 Å². The molecule has 1 amide bonds. The second-order valence-electron chi connectivity index (χ2n) is 6.25. The van der Waals surface area contributed by atoms with Gasteiger partial charge in [0.25, 0.3) is 0 Å². The Kier molecular flexibility index (Phi) is 4.81. The molecule has 3 nitrogen and oxygen atoms in total. The molecule has 4 unspecified atom stereocenters. The first kappa shape index (κ1) is 15.0. The van der Waals surface area contributed by atoms with E-state index in [4.69, 9.17) is 5.73 Å². The van der Waals surface area contributed by atoms with E-state index >= 15 is 0 Å². The van der Waals surface area contributed by atoms with Crippen LogP contribution in [0.3, 0.4) is 0 Å². The number of piperidine rings is 1. The van der Waals surface area contributed by atoms with Crippen molar-refractivity contribution in [3.63, 3.8) is 0 Å². The van der Waals surface area contributed by atoms with Crippen LogP contribution in [0.5, 0.6) is 0 Å². The smallest absolute Gasteiger partial charge is 0.227 e. The maximum atomic E-state index is 12.7. The molecule has 0 radical (unpaired) electrons. The first-order valence-electron chi connectivity index (χ1n) is 7.61. The molecule has 0 aliphatic carbocycles. The number of amides is 1. The topological polar surface area (TPSA) is 46.3 Å². The van der Waals surface area contributed by atoms with Crippen LogP contribution in [0.1, 0.15) is 45.2 Å². The zero-order valence-corrected chi connectivity index (χ0v) is 12.8. The summed E-state index contributed by atoms with van der Waals surface area (Å²) in [5.74, 6) is 0.612. The van der Waals surface area contributed by atoms with Gasteiger partial charge >= 0.3 is 0 Å². The lowest BCUT2D eigenvalue weighted by Gasteiger charge is -2.39. The van der Waals surface area contributed by atoms with Crippen LogP contribution in [-0.2, 0) is 4.79 Å². The number of rotatable bonds is 3. The summed E-state index contributed by atoms with van der Waals surface area (Å²) in [5.41, 5.74) is 7.31. The van der Waals surface area contributed by atoms with Crippen LogP contribution in [0, 0.1) is 11.8 Å². The fourth-order valence-electron chi connectivity index (χ4n) is 2.97. The zero-order chi connectivity index (χ0) is 14.7. The Hall–Kier alpha value is -1.35. The minimum absolute atomic E-state index is 0.176. The predicted molar refractivity (Wildman–Crippen MR) is 82.1 cm³/mol. The molecule has 2 N–H and O–H groups in total. The Morgan fingerprint density at radius 1 is 1.25 bits per heavy atom. The molecular formula is C17H26N2O. The first-order chi connectivity index (χ1) is 9.50. The number of likely N-dealkylation sites (tertiary alicyclic amines) is 1. The molecule has 1 fully saturated rings. The molecule has 2 rings (SSSR count). The number of carbonyl (C=O) groups is 1. The third-order valence-corrected chi connectivity index (χ3v) is 4.51. The van der Waals surface area contributed by atoms with E-state index in [1.807, 2.05) is 42.2 Å². The average molecular weight is 274 g/mol. The minimum Gasteiger partial charge on any atom is -0.339 e. The van der Waals surface area contributed by atoms with Crippen molar-refractivity contribution in [1.29, 1.82) is 0 Å². The summed E-state index contributed by atoms with van der Waals surface area (Å²) in [4.78, 5) is 14.7. The average Bonchev–Trinajstić information content (AvgIpc) is 2.48. The van der Waals surface area contributed by atoms with E-state index in [1.165, 1.54) is 6.42 Å². The maximum absolute atomic E-state index is 12.7. The van der Waals surface area contributed by atoms with Gasteiger partial charge in [0.1, 0.15) is 0 Å². The van der Waals surface area contributed by atoms with Gasteiger partial charge in [-0.1, -0.05) is 44.2 Å². The molecular weight excluding hydrogens is 248 g/mol. The van der Waals surface area contributed by atoms with Crippen LogP contribution in [0.15, 0.2) is 30.3 Å². The lowest BCUT2D eigenvalue weighted by atomic mass is 9.90. The quantitative estimate of drug-likeness (QED) is 0.921. The highest BCUT2D eigenvalue weighted by Gasteiger charge is 2.32. The van der Waals surface area contributed by atoms with E-state index < -0.39 is 0 Å². The van der Waals surface area contributed by atoms with Crippen LogP contribution in [-0.4, -0.2) is 23.4 Å². The Bertz CT molecular complexity index is 446. The molecule has 0 saturated carbocycles. The molecule has 0 spiro atoms. The van der Waals surface area contributed by atoms with E-state index in [9.17, 15) is 4.79 Å². The van der Waals surface area contributed by atoms with E-state index in [2.05, 4.69) is 13.8 Å². The molecule has 110 valence electrons. The second kappa shape index (κ2) is 6.40. The van der Waals surface area contributed by atoms with Gasteiger partial charge in [0, 0.05) is 18.6 Å². The SMILES string of the molecule is CC1CCC(C)N(C(=O)C(C)C(N)c2ccccc2)C1. The molecule has 1 heterocycles. The van der Waals surface area contributed by atoms with Gasteiger partial charge in [-0.3, -0.25) is 4.79 Å². The summed E-state index contributed by atoms with van der Waals surface area (Å²) < 4.78 is 0. The van der Waals surface area contributed by atoms with Crippen LogP contribution >= 0.6 is 0 Å². The number of benzene rings is 1. The van der Waals surface area contributed by atoms with Crippen molar-refractivity contribution in [2.45, 2.75) is 45.7 Å². The zero-order valence-electron chi connectivity index (χ0n) is 12.8. The molecule has 1 aliphatic heterocycles. The van der Waals surface area contributed by atoms with E-state index in [0.717, 1.165) is 18.5 Å². The van der Waals surface area contributed by atoms with Crippen molar-refractivity contribution in [1.82, 2.24) is 4.90 Å². The third-order valence-electron chi connectivity index (χ3n) is 4.51. The Morgan fingerprint density at radius 3 is 2.55 bits per heavy atom. The Balaban J connectivity index is 2.08. The molecule has 1 saturated heterocycles. The van der Waals surface area contributed by atoms with Crippen LogP contribution < -0.4 is 5.73 Å². The molecule has 20 heavy (non-hydrogen) atoms. The highest BCUT2D eigenvalue weighted by atomic mass is 16.2. The normalized spacial score (nSPS) is 26.1. The van der Waals surface area contributed by atoms with Crippen molar-refractivity contribution in [3.8, 4) is 0 Å². The monoisotopic (exact) mass is 274 g/mol. The summed E-state index contributed by atoms with van der Waals surface area (Å²) >= 11 is 0. The van der Waals surface area contributed by atoms with Crippen molar-refractivity contribution in [2.75, 3.05) is 6.54 Å². The molecule has 3 heteroatoms. The molecule has 0 aromatic heterocycles. The lowest BCUT2D eigenvalue weighted by Crippen LogP contribution is -2.48. The Morgan fingerprint density at radius 2 is 1.90 bits per heavy atom. The number of nitrogens with two attached hydrogens (primary N) is 1. The summed E-state index contributed by atoms with van der Waals surface area (Å²) in [6.45, 7) is 7.18. The summed E-state index contributed by atoms with van der Waals surface area (Å²) in [6, 6.07) is 10.0. The summed E-state index contributed by atoms with van der Waals surface area (Å²) in [5, 5.41) is 0. The van der Waals surface area contributed by atoms with Gasteiger partial charge in [0.15, 0.2) is 0 Å². The number of hydrogen-bond donors (Lipinski definition) is 1. The van der Waals surface area contributed by atoms with E-state index in [1.54, 1.807) is 0 Å². The van der Waals surface area contributed by atoms with Crippen molar-refractivity contribution < 1.29 is 4.79 Å². The van der Waals surface area contributed by atoms with Gasteiger partial charge in [-0.05, 0) is 31.2 Å². The predicted octanol–water partition coefficient (Wildman–Crippen LogP) is 2.97. The van der Waals surface area contributed by atoms with Gasteiger partial charge in [-0.25, -0.2) is 0 Å². The van der Waals surface area contributed by atoms with E-state index in [0.29, 0.717) is 12.0 Å². The van der Waals surface area contributed by atoms with Crippen LogP contribution in [0.25, 0.3) is 0 Å². The van der Waals surface area contributed by atoms with Gasteiger partial charge < -0.3 is 10.6 Å². The third kappa shape index (κ3) is 3.21. The molecule has 0 bridgehead atoms. The lowest BCUT2D eigenvalue weighted by molar-refractivity contribution is -0.140. The van der Waals surface area contributed by atoms with Crippen molar-refractivity contribution in [2.24, 2.45) is 17.6 Å². The van der Waals surface area contributed by atoms with Gasteiger partial charge in [0.05, 0.1) is 5.92 Å². The molecule has 1 aromatic rings.